The maximum Gasteiger partial charge on any atom is -0.0127 e. The van der Waals surface area contributed by atoms with Gasteiger partial charge in [-0.25, -0.2) is 0 Å². The SMILES string of the molecule is Br.CCCC(CC)C(P)(CC)CC. The standard InChI is InChI=1S/C11H25P.BrH/c1-5-9-10(6-2)11(12,7-3)8-4;/h10H,5-9,12H2,1-4H3;1H. The van der Waals surface area contributed by atoms with Gasteiger partial charge in [0.1, 0.15) is 0 Å². The van der Waals surface area contributed by atoms with Gasteiger partial charge in [0.15, 0.2) is 0 Å². The average molecular weight is 269 g/mol. The van der Waals surface area contributed by atoms with Crippen molar-refractivity contribution in [2.24, 2.45) is 5.92 Å². The van der Waals surface area contributed by atoms with Crippen LogP contribution in [0.4, 0.5) is 0 Å². The second-order valence-corrected chi connectivity index (χ2v) is 4.98. The molecule has 0 bridgehead atoms. The predicted molar refractivity (Wildman–Crippen MR) is 72.0 cm³/mol. The van der Waals surface area contributed by atoms with Gasteiger partial charge in [-0.15, -0.1) is 26.2 Å². The van der Waals surface area contributed by atoms with Crippen LogP contribution >= 0.6 is 26.2 Å². The lowest BCUT2D eigenvalue weighted by Crippen LogP contribution is -2.29. The van der Waals surface area contributed by atoms with Gasteiger partial charge in [-0.1, -0.05) is 40.5 Å². The second-order valence-electron chi connectivity index (χ2n) is 3.83. The summed E-state index contributed by atoms with van der Waals surface area (Å²) < 4.78 is 0. The quantitative estimate of drug-likeness (QED) is 0.606. The third kappa shape index (κ3) is 4.79. The first-order valence-electron chi connectivity index (χ1n) is 5.43. The molecular weight excluding hydrogens is 243 g/mol. The Balaban J connectivity index is 0. The topological polar surface area (TPSA) is 0 Å². The molecule has 0 aliphatic heterocycles. The first-order valence-corrected chi connectivity index (χ1v) is 6.01. The van der Waals surface area contributed by atoms with Crippen LogP contribution in [0, 0.1) is 5.92 Å². The van der Waals surface area contributed by atoms with Crippen LogP contribution in [0.1, 0.15) is 59.8 Å². The molecule has 0 saturated carbocycles. The van der Waals surface area contributed by atoms with Crippen molar-refractivity contribution in [2.45, 2.75) is 65.0 Å². The molecule has 0 aliphatic carbocycles. The number of rotatable bonds is 6. The summed E-state index contributed by atoms with van der Waals surface area (Å²) in [6.45, 7) is 9.24. The Morgan fingerprint density at radius 2 is 1.54 bits per heavy atom. The molecule has 2 atom stereocenters. The minimum atomic E-state index is 0. The minimum absolute atomic E-state index is 0. The lowest BCUT2D eigenvalue weighted by atomic mass is 9.82. The Morgan fingerprint density at radius 3 is 1.77 bits per heavy atom. The molecule has 0 aromatic heterocycles. The number of hydrogen-bond donors (Lipinski definition) is 0. The molecule has 13 heavy (non-hydrogen) atoms. The highest BCUT2D eigenvalue weighted by Gasteiger charge is 2.28. The largest absolute Gasteiger partial charge is 0.131 e. The number of halogens is 1. The Labute approximate surface area is 97.2 Å². The lowest BCUT2D eigenvalue weighted by Gasteiger charge is -2.35. The Morgan fingerprint density at radius 1 is 1.08 bits per heavy atom. The van der Waals surface area contributed by atoms with Gasteiger partial charge < -0.3 is 0 Å². The van der Waals surface area contributed by atoms with E-state index < -0.39 is 0 Å². The summed E-state index contributed by atoms with van der Waals surface area (Å²) >= 11 is 0. The van der Waals surface area contributed by atoms with Crippen molar-refractivity contribution in [3.05, 3.63) is 0 Å². The Hall–Kier alpha value is 0.910. The predicted octanol–water partition coefficient (Wildman–Crippen LogP) is 4.82. The van der Waals surface area contributed by atoms with E-state index in [0.717, 1.165) is 5.92 Å². The van der Waals surface area contributed by atoms with E-state index in [0.29, 0.717) is 5.16 Å². The highest BCUT2D eigenvalue weighted by atomic mass is 79.9. The molecule has 0 N–H and O–H groups in total. The molecule has 0 heterocycles. The molecule has 0 nitrogen and oxygen atoms in total. The highest BCUT2D eigenvalue weighted by molar-refractivity contribution is 8.93. The van der Waals surface area contributed by atoms with Crippen molar-refractivity contribution in [3.8, 4) is 0 Å². The molecule has 0 saturated heterocycles. The number of hydrogen-bond acceptors (Lipinski definition) is 0. The summed E-state index contributed by atoms with van der Waals surface area (Å²) in [5.74, 6) is 0.905. The fourth-order valence-electron chi connectivity index (χ4n) is 2.07. The molecule has 0 radical (unpaired) electrons. The summed E-state index contributed by atoms with van der Waals surface area (Å²) in [4.78, 5) is 0. The van der Waals surface area contributed by atoms with Crippen molar-refractivity contribution in [1.82, 2.24) is 0 Å². The van der Waals surface area contributed by atoms with Gasteiger partial charge in [-0.2, -0.15) is 0 Å². The zero-order valence-electron chi connectivity index (χ0n) is 9.60. The van der Waals surface area contributed by atoms with Gasteiger partial charge in [0.25, 0.3) is 0 Å². The summed E-state index contributed by atoms with van der Waals surface area (Å²) in [6.07, 6.45) is 6.65. The van der Waals surface area contributed by atoms with Gasteiger partial charge in [-0.3, -0.25) is 0 Å². The van der Waals surface area contributed by atoms with E-state index in [1.54, 1.807) is 0 Å². The van der Waals surface area contributed by atoms with Crippen LogP contribution in [-0.2, 0) is 0 Å². The van der Waals surface area contributed by atoms with E-state index in [4.69, 9.17) is 0 Å². The highest BCUT2D eigenvalue weighted by Crippen LogP contribution is 2.39. The summed E-state index contributed by atoms with van der Waals surface area (Å²) in [5.41, 5.74) is 0. The molecule has 0 rings (SSSR count). The van der Waals surface area contributed by atoms with Crippen molar-refractivity contribution in [3.63, 3.8) is 0 Å². The van der Waals surface area contributed by atoms with E-state index >= 15 is 0 Å². The fraction of sp³-hybridized carbons (Fsp3) is 1.00. The van der Waals surface area contributed by atoms with E-state index in [2.05, 4.69) is 36.9 Å². The fourth-order valence-corrected chi connectivity index (χ4v) is 2.48. The molecule has 0 spiro atoms. The van der Waals surface area contributed by atoms with Crippen LogP contribution in [0.25, 0.3) is 0 Å². The molecule has 0 aliphatic rings. The molecular formula is C11H26BrP. The first kappa shape index (κ1) is 16.3. The van der Waals surface area contributed by atoms with E-state index in [-0.39, 0.29) is 17.0 Å². The summed E-state index contributed by atoms with van der Waals surface area (Å²) in [5, 5.41) is 0.519. The van der Waals surface area contributed by atoms with Gasteiger partial charge in [0.05, 0.1) is 0 Å². The Bertz CT molecular complexity index is 111. The van der Waals surface area contributed by atoms with Crippen LogP contribution in [0.2, 0.25) is 0 Å². The molecule has 0 aromatic carbocycles. The van der Waals surface area contributed by atoms with Gasteiger partial charge in [0, 0.05) is 0 Å². The Kier molecular flexibility index (Phi) is 10.4. The van der Waals surface area contributed by atoms with Gasteiger partial charge >= 0.3 is 0 Å². The zero-order valence-corrected chi connectivity index (χ0v) is 12.5. The maximum atomic E-state index is 3.10. The van der Waals surface area contributed by atoms with E-state index in [1.165, 1.54) is 32.1 Å². The van der Waals surface area contributed by atoms with Gasteiger partial charge in [-0.05, 0) is 30.3 Å². The minimum Gasteiger partial charge on any atom is -0.131 e. The van der Waals surface area contributed by atoms with Crippen molar-refractivity contribution >= 4 is 26.2 Å². The molecule has 2 heteroatoms. The van der Waals surface area contributed by atoms with Gasteiger partial charge in [0.2, 0.25) is 0 Å². The van der Waals surface area contributed by atoms with Crippen LogP contribution < -0.4 is 0 Å². The molecule has 0 amide bonds. The lowest BCUT2D eigenvalue weighted by molar-refractivity contribution is 0.321. The molecule has 0 aromatic rings. The smallest absolute Gasteiger partial charge is 0.0127 e. The third-order valence-electron chi connectivity index (χ3n) is 3.26. The molecule has 0 fully saturated rings. The summed E-state index contributed by atoms with van der Waals surface area (Å²) in [7, 11) is 3.10. The first-order chi connectivity index (χ1) is 5.64. The normalized spacial score (nSPS) is 13.6. The van der Waals surface area contributed by atoms with E-state index in [9.17, 15) is 0 Å². The third-order valence-corrected chi connectivity index (χ3v) is 4.55. The zero-order chi connectivity index (χ0) is 9.61. The van der Waals surface area contributed by atoms with Crippen molar-refractivity contribution in [2.75, 3.05) is 0 Å². The molecule has 82 valence electrons. The maximum absolute atomic E-state index is 3.10. The average Bonchev–Trinajstić information content (AvgIpc) is 2.13. The second kappa shape index (κ2) is 8.24. The van der Waals surface area contributed by atoms with Crippen molar-refractivity contribution < 1.29 is 0 Å². The summed E-state index contributed by atoms with van der Waals surface area (Å²) in [6, 6.07) is 0. The monoisotopic (exact) mass is 268 g/mol. The molecule has 2 unspecified atom stereocenters. The van der Waals surface area contributed by atoms with E-state index in [1.807, 2.05) is 0 Å². The van der Waals surface area contributed by atoms with Crippen molar-refractivity contribution in [1.29, 1.82) is 0 Å². The van der Waals surface area contributed by atoms with Crippen LogP contribution in [-0.4, -0.2) is 5.16 Å². The van der Waals surface area contributed by atoms with Crippen LogP contribution in [0.5, 0.6) is 0 Å². The van der Waals surface area contributed by atoms with Crippen LogP contribution in [0.15, 0.2) is 0 Å². The van der Waals surface area contributed by atoms with Crippen LogP contribution in [0.3, 0.4) is 0 Å².